The largest absolute Gasteiger partial charge is 0.478 e. The highest BCUT2D eigenvalue weighted by molar-refractivity contribution is 8.18. The molecule has 3 aromatic carbocycles. The van der Waals surface area contributed by atoms with Gasteiger partial charge in [-0.05, 0) is 59.8 Å². The van der Waals surface area contributed by atoms with Gasteiger partial charge in [0, 0.05) is 29.2 Å². The van der Waals surface area contributed by atoms with Crippen LogP contribution in [0.3, 0.4) is 0 Å². The van der Waals surface area contributed by atoms with Crippen LogP contribution in [0.1, 0.15) is 21.5 Å². The fraction of sp³-hybridized carbons (Fsp3) is 0.0385. The van der Waals surface area contributed by atoms with E-state index in [1.54, 1.807) is 24.3 Å². The summed E-state index contributed by atoms with van der Waals surface area (Å²) < 4.78 is 15.4. The number of carboxylic acids is 1. The molecule has 0 aliphatic carbocycles. The minimum absolute atomic E-state index is 0.0624. The topological polar surface area (TPSA) is 83.7 Å². The number of aliphatic imine (C=N–C) groups is 1. The molecule has 2 N–H and O–H groups in total. The first-order valence-corrected chi connectivity index (χ1v) is 11.7. The number of halogens is 2. The van der Waals surface area contributed by atoms with Crippen LogP contribution in [0, 0.1) is 5.82 Å². The van der Waals surface area contributed by atoms with E-state index >= 15 is 0 Å². The van der Waals surface area contributed by atoms with Crippen LogP contribution in [0.2, 0.25) is 5.02 Å². The molecule has 35 heavy (non-hydrogen) atoms. The van der Waals surface area contributed by atoms with Crippen molar-refractivity contribution in [3.05, 3.63) is 105 Å². The number of nitrogens with one attached hydrogen (secondary N) is 1. The third kappa shape index (κ3) is 4.84. The van der Waals surface area contributed by atoms with Crippen molar-refractivity contribution in [3.8, 4) is 0 Å². The smallest absolute Gasteiger partial charge is 0.337 e. The average Bonchev–Trinajstić information content (AvgIpc) is 3.36. The molecule has 0 unspecified atom stereocenters. The summed E-state index contributed by atoms with van der Waals surface area (Å²) in [5, 5.41) is 13.4. The van der Waals surface area contributed by atoms with E-state index < -0.39 is 5.97 Å². The summed E-state index contributed by atoms with van der Waals surface area (Å²) in [6.07, 6.45) is 3.76. The van der Waals surface area contributed by atoms with E-state index in [0.29, 0.717) is 22.3 Å². The molecule has 5 rings (SSSR count). The highest BCUT2D eigenvalue weighted by Gasteiger charge is 2.24. The lowest BCUT2D eigenvalue weighted by Crippen LogP contribution is -2.19. The number of aromatic carboxylic acids is 1. The van der Waals surface area contributed by atoms with Crippen molar-refractivity contribution in [2.45, 2.75) is 6.54 Å². The monoisotopic (exact) mass is 505 g/mol. The van der Waals surface area contributed by atoms with E-state index in [-0.39, 0.29) is 22.3 Å². The Morgan fingerprint density at radius 1 is 1.14 bits per heavy atom. The molecule has 0 atom stereocenters. The summed E-state index contributed by atoms with van der Waals surface area (Å²) in [6, 6.07) is 18.6. The molecule has 0 saturated carbocycles. The number of hydrogen-bond acceptors (Lipinski definition) is 4. The van der Waals surface area contributed by atoms with Crippen LogP contribution in [0.5, 0.6) is 0 Å². The molecule has 9 heteroatoms. The molecule has 0 radical (unpaired) electrons. The fourth-order valence-corrected chi connectivity index (χ4v) is 4.82. The molecule has 1 aliphatic heterocycles. The number of aromatic nitrogens is 1. The Balaban J connectivity index is 1.45. The van der Waals surface area contributed by atoms with Gasteiger partial charge in [-0.15, -0.1) is 0 Å². The van der Waals surface area contributed by atoms with Gasteiger partial charge in [0.1, 0.15) is 5.82 Å². The summed E-state index contributed by atoms with van der Waals surface area (Å²) in [5.41, 5.74) is 3.11. The van der Waals surface area contributed by atoms with Gasteiger partial charge in [-0.25, -0.2) is 14.2 Å². The van der Waals surface area contributed by atoms with Crippen molar-refractivity contribution in [3.63, 3.8) is 0 Å². The molecule has 4 aromatic rings. The van der Waals surface area contributed by atoms with E-state index in [2.05, 4.69) is 14.9 Å². The van der Waals surface area contributed by atoms with Crippen LogP contribution < -0.4 is 5.32 Å². The summed E-state index contributed by atoms with van der Waals surface area (Å²) in [5.74, 6) is -1.73. The Bertz CT molecular complexity index is 1540. The third-order valence-corrected chi connectivity index (χ3v) is 6.67. The molecule has 174 valence electrons. The lowest BCUT2D eigenvalue weighted by atomic mass is 10.1. The number of carboxylic acid groups (broad SMARTS) is 1. The van der Waals surface area contributed by atoms with Crippen molar-refractivity contribution < 1.29 is 19.1 Å². The minimum atomic E-state index is -1.15. The zero-order chi connectivity index (χ0) is 24.5. The second-order valence-corrected chi connectivity index (χ2v) is 9.24. The second-order valence-electron chi connectivity index (χ2n) is 7.81. The molecule has 0 spiro atoms. The lowest BCUT2D eigenvalue weighted by Gasteiger charge is -2.05. The molecule has 1 aromatic heterocycles. The average molecular weight is 506 g/mol. The number of rotatable bonds is 5. The number of thioether (sulfide) groups is 1. The number of benzene rings is 3. The summed E-state index contributed by atoms with van der Waals surface area (Å²) in [4.78, 5) is 28.8. The number of carbonyl (C=O) groups excluding carboxylic acids is 1. The van der Waals surface area contributed by atoms with Gasteiger partial charge >= 0.3 is 5.97 Å². The van der Waals surface area contributed by atoms with Crippen LogP contribution in [-0.4, -0.2) is 26.7 Å². The van der Waals surface area contributed by atoms with Gasteiger partial charge in [-0.3, -0.25) is 4.79 Å². The SMILES string of the molecule is O=C1NC(=Nc2ccc(Cl)c(C(=O)O)c2)S/C1=C\c1cn(Cc2ccc(F)cc2)c2ccccc12. The van der Waals surface area contributed by atoms with Crippen molar-refractivity contribution >= 4 is 63.1 Å². The third-order valence-electron chi connectivity index (χ3n) is 5.43. The Morgan fingerprint density at radius 3 is 2.69 bits per heavy atom. The zero-order valence-electron chi connectivity index (χ0n) is 18.0. The molecule has 6 nitrogen and oxygen atoms in total. The van der Waals surface area contributed by atoms with Crippen molar-refractivity contribution in [1.82, 2.24) is 9.88 Å². The molecule has 1 amide bonds. The number of carbonyl (C=O) groups is 2. The normalized spacial score (nSPS) is 15.8. The molecule has 1 aliphatic rings. The maximum atomic E-state index is 13.3. The Labute approximate surface area is 208 Å². The maximum Gasteiger partial charge on any atom is 0.337 e. The number of hydrogen-bond donors (Lipinski definition) is 2. The van der Waals surface area contributed by atoms with Crippen LogP contribution in [-0.2, 0) is 11.3 Å². The molecule has 0 bridgehead atoms. The predicted molar refractivity (Wildman–Crippen MR) is 137 cm³/mol. The summed E-state index contributed by atoms with van der Waals surface area (Å²) in [6.45, 7) is 0.554. The van der Waals surface area contributed by atoms with Gasteiger partial charge < -0.3 is 15.0 Å². The first-order valence-electron chi connectivity index (χ1n) is 10.5. The lowest BCUT2D eigenvalue weighted by molar-refractivity contribution is -0.115. The first-order chi connectivity index (χ1) is 16.9. The van der Waals surface area contributed by atoms with Crippen LogP contribution in [0.25, 0.3) is 17.0 Å². The molecule has 2 heterocycles. The van der Waals surface area contributed by atoms with Gasteiger partial charge in [0.15, 0.2) is 5.17 Å². The van der Waals surface area contributed by atoms with E-state index in [0.717, 1.165) is 22.0 Å². The second kappa shape index (κ2) is 9.40. The quantitative estimate of drug-likeness (QED) is 0.322. The van der Waals surface area contributed by atoms with Gasteiger partial charge in [0.05, 0.1) is 21.2 Å². The molecule has 1 fully saturated rings. The standard InChI is InChI=1S/C26H17ClFN3O3S/c27-21-10-9-18(12-20(21)25(33)34)29-26-30-24(32)23(35-26)11-16-14-31(22-4-2-1-3-19(16)22)13-15-5-7-17(28)8-6-15/h1-12,14H,13H2,(H,33,34)(H,29,30,32)/b23-11-. The first kappa shape index (κ1) is 22.9. The number of amides is 1. The van der Waals surface area contributed by atoms with Gasteiger partial charge in [0.2, 0.25) is 0 Å². The van der Waals surface area contributed by atoms with Crippen molar-refractivity contribution in [2.24, 2.45) is 4.99 Å². The fourth-order valence-electron chi connectivity index (χ4n) is 3.79. The Hall–Kier alpha value is -3.88. The van der Waals surface area contributed by atoms with Gasteiger partial charge in [-0.1, -0.05) is 41.9 Å². The summed E-state index contributed by atoms with van der Waals surface area (Å²) in [7, 11) is 0. The molecular weight excluding hydrogens is 489 g/mol. The molecule has 1 saturated heterocycles. The maximum absolute atomic E-state index is 13.3. The zero-order valence-corrected chi connectivity index (χ0v) is 19.6. The van der Waals surface area contributed by atoms with Crippen LogP contribution in [0.4, 0.5) is 10.1 Å². The predicted octanol–water partition coefficient (Wildman–Crippen LogP) is 6.07. The number of para-hydroxylation sites is 1. The van der Waals surface area contributed by atoms with E-state index in [9.17, 15) is 19.1 Å². The molecular formula is C26H17ClFN3O3S. The van der Waals surface area contributed by atoms with E-state index in [1.165, 1.54) is 36.0 Å². The minimum Gasteiger partial charge on any atom is -0.478 e. The number of amidine groups is 1. The van der Waals surface area contributed by atoms with Gasteiger partial charge in [0.25, 0.3) is 5.91 Å². The summed E-state index contributed by atoms with van der Waals surface area (Å²) >= 11 is 7.09. The number of fused-ring (bicyclic) bond motifs is 1. The van der Waals surface area contributed by atoms with Crippen LogP contribution >= 0.6 is 23.4 Å². The van der Waals surface area contributed by atoms with Gasteiger partial charge in [-0.2, -0.15) is 0 Å². The Kier molecular flexibility index (Phi) is 6.15. The van der Waals surface area contributed by atoms with E-state index in [1.807, 2.05) is 30.5 Å². The van der Waals surface area contributed by atoms with Crippen LogP contribution in [0.15, 0.2) is 82.8 Å². The number of nitrogens with zero attached hydrogens (tertiary/aromatic N) is 2. The highest BCUT2D eigenvalue weighted by atomic mass is 35.5. The van der Waals surface area contributed by atoms with Crippen molar-refractivity contribution in [1.29, 1.82) is 0 Å². The van der Waals surface area contributed by atoms with Crippen molar-refractivity contribution in [2.75, 3.05) is 0 Å². The highest BCUT2D eigenvalue weighted by Crippen LogP contribution is 2.32. The van der Waals surface area contributed by atoms with E-state index in [4.69, 9.17) is 11.6 Å². The Morgan fingerprint density at radius 2 is 1.91 bits per heavy atom.